The number of hydrogen-bond donors (Lipinski definition) is 1. The monoisotopic (exact) mass is 267 g/mol. The number of nitrogens with zero attached hydrogens (tertiary/aromatic N) is 2. The molecular formula is C14H25N3S. The van der Waals surface area contributed by atoms with E-state index in [-0.39, 0.29) is 0 Å². The van der Waals surface area contributed by atoms with E-state index in [9.17, 15) is 0 Å². The smallest absolute Gasteiger partial charge is 0.0956 e. The molecule has 0 amide bonds. The standard InChI is InChI=1S/C14H25N3S/c1-10(2)14-16-11(3)13(18-14)12-4-7-17(8-5-12)9-6-15/h10,12H,4-9,15H2,1-3H3. The van der Waals surface area contributed by atoms with E-state index in [1.807, 2.05) is 11.3 Å². The van der Waals surface area contributed by atoms with Crippen LogP contribution in [-0.2, 0) is 0 Å². The van der Waals surface area contributed by atoms with E-state index in [1.165, 1.54) is 41.5 Å². The van der Waals surface area contributed by atoms with Gasteiger partial charge in [-0.1, -0.05) is 13.8 Å². The highest BCUT2D eigenvalue weighted by Gasteiger charge is 2.24. The average Bonchev–Trinajstić information content (AvgIpc) is 2.73. The summed E-state index contributed by atoms with van der Waals surface area (Å²) in [5.41, 5.74) is 6.88. The Morgan fingerprint density at radius 2 is 2.06 bits per heavy atom. The molecule has 4 heteroatoms. The minimum atomic E-state index is 0.555. The van der Waals surface area contributed by atoms with Crippen molar-refractivity contribution in [2.45, 2.75) is 45.4 Å². The van der Waals surface area contributed by atoms with Crippen LogP contribution in [0.2, 0.25) is 0 Å². The molecule has 1 aromatic rings. The number of thiazole rings is 1. The van der Waals surface area contributed by atoms with Gasteiger partial charge in [-0.2, -0.15) is 0 Å². The maximum atomic E-state index is 5.62. The zero-order chi connectivity index (χ0) is 13.1. The van der Waals surface area contributed by atoms with Crippen molar-refractivity contribution in [1.82, 2.24) is 9.88 Å². The summed E-state index contributed by atoms with van der Waals surface area (Å²) in [6.45, 7) is 10.8. The van der Waals surface area contributed by atoms with E-state index < -0.39 is 0 Å². The highest BCUT2D eigenvalue weighted by atomic mass is 32.1. The summed E-state index contributed by atoms with van der Waals surface area (Å²) >= 11 is 1.93. The summed E-state index contributed by atoms with van der Waals surface area (Å²) in [6, 6.07) is 0. The molecule has 1 saturated heterocycles. The van der Waals surface area contributed by atoms with Crippen molar-refractivity contribution in [2.24, 2.45) is 5.73 Å². The quantitative estimate of drug-likeness (QED) is 0.912. The molecule has 0 aromatic carbocycles. The van der Waals surface area contributed by atoms with Gasteiger partial charge >= 0.3 is 0 Å². The Morgan fingerprint density at radius 1 is 1.39 bits per heavy atom. The van der Waals surface area contributed by atoms with E-state index in [4.69, 9.17) is 10.7 Å². The Labute approximate surface area is 114 Å². The first kappa shape index (κ1) is 14.0. The molecule has 1 aliphatic heterocycles. The first-order valence-corrected chi connectivity index (χ1v) is 7.83. The van der Waals surface area contributed by atoms with E-state index >= 15 is 0 Å². The molecule has 2 rings (SSSR count). The molecule has 0 spiro atoms. The maximum Gasteiger partial charge on any atom is 0.0956 e. The molecule has 0 bridgehead atoms. The van der Waals surface area contributed by atoms with Crippen molar-refractivity contribution >= 4 is 11.3 Å². The van der Waals surface area contributed by atoms with Crippen molar-refractivity contribution in [3.05, 3.63) is 15.6 Å². The number of piperidine rings is 1. The number of likely N-dealkylation sites (tertiary alicyclic amines) is 1. The van der Waals surface area contributed by atoms with Crippen molar-refractivity contribution in [2.75, 3.05) is 26.2 Å². The van der Waals surface area contributed by atoms with Crippen molar-refractivity contribution in [3.63, 3.8) is 0 Å². The van der Waals surface area contributed by atoms with Crippen LogP contribution in [0.1, 0.15) is 54.1 Å². The van der Waals surface area contributed by atoms with Crippen LogP contribution >= 0.6 is 11.3 Å². The minimum absolute atomic E-state index is 0.555. The molecule has 1 fully saturated rings. The Kier molecular flexibility index (Phi) is 4.76. The van der Waals surface area contributed by atoms with Crippen LogP contribution in [-0.4, -0.2) is 36.1 Å². The lowest BCUT2D eigenvalue weighted by molar-refractivity contribution is 0.218. The van der Waals surface area contributed by atoms with Gasteiger partial charge in [-0.15, -0.1) is 11.3 Å². The first-order chi connectivity index (χ1) is 8.61. The van der Waals surface area contributed by atoms with Crippen LogP contribution in [0.15, 0.2) is 0 Å². The molecule has 0 unspecified atom stereocenters. The predicted molar refractivity (Wildman–Crippen MR) is 78.4 cm³/mol. The topological polar surface area (TPSA) is 42.2 Å². The van der Waals surface area contributed by atoms with Gasteiger partial charge in [0.1, 0.15) is 0 Å². The molecule has 0 aliphatic carbocycles. The van der Waals surface area contributed by atoms with Gasteiger partial charge in [0.15, 0.2) is 0 Å². The average molecular weight is 267 g/mol. The Bertz CT molecular complexity index is 378. The van der Waals surface area contributed by atoms with Crippen molar-refractivity contribution in [1.29, 1.82) is 0 Å². The van der Waals surface area contributed by atoms with E-state index in [0.29, 0.717) is 5.92 Å². The molecule has 0 radical (unpaired) electrons. The van der Waals surface area contributed by atoms with Crippen LogP contribution < -0.4 is 5.73 Å². The number of aryl methyl sites for hydroxylation is 1. The summed E-state index contributed by atoms with van der Waals surface area (Å²) < 4.78 is 0. The highest BCUT2D eigenvalue weighted by Crippen LogP contribution is 2.36. The SMILES string of the molecule is Cc1nc(C(C)C)sc1C1CCN(CCN)CC1. The normalized spacial score (nSPS) is 18.7. The summed E-state index contributed by atoms with van der Waals surface area (Å²) in [7, 11) is 0. The summed E-state index contributed by atoms with van der Waals surface area (Å²) in [4.78, 5) is 8.74. The molecule has 1 aromatic heterocycles. The van der Waals surface area contributed by atoms with Gasteiger partial charge in [0, 0.05) is 23.9 Å². The van der Waals surface area contributed by atoms with Gasteiger partial charge in [0.05, 0.1) is 10.7 Å². The first-order valence-electron chi connectivity index (χ1n) is 7.01. The largest absolute Gasteiger partial charge is 0.329 e. The van der Waals surface area contributed by atoms with Crippen molar-refractivity contribution < 1.29 is 0 Å². The fraction of sp³-hybridized carbons (Fsp3) is 0.786. The number of rotatable bonds is 4. The maximum absolute atomic E-state index is 5.62. The van der Waals surface area contributed by atoms with Gasteiger partial charge in [0.25, 0.3) is 0 Å². The third kappa shape index (κ3) is 3.11. The molecular weight excluding hydrogens is 242 g/mol. The van der Waals surface area contributed by atoms with Gasteiger partial charge in [-0.25, -0.2) is 4.98 Å². The zero-order valence-electron chi connectivity index (χ0n) is 11.8. The van der Waals surface area contributed by atoms with Crippen LogP contribution in [0.3, 0.4) is 0 Å². The van der Waals surface area contributed by atoms with E-state index in [2.05, 4.69) is 25.7 Å². The molecule has 2 heterocycles. The number of hydrogen-bond acceptors (Lipinski definition) is 4. The summed E-state index contributed by atoms with van der Waals surface area (Å²) in [5, 5.41) is 1.30. The number of nitrogens with two attached hydrogens (primary N) is 1. The lowest BCUT2D eigenvalue weighted by Crippen LogP contribution is -2.36. The van der Waals surface area contributed by atoms with Gasteiger partial charge < -0.3 is 10.6 Å². The summed E-state index contributed by atoms with van der Waals surface area (Å²) in [5.74, 6) is 1.28. The number of aromatic nitrogens is 1. The third-order valence-electron chi connectivity index (χ3n) is 3.75. The van der Waals surface area contributed by atoms with E-state index in [1.54, 1.807) is 0 Å². The Morgan fingerprint density at radius 3 is 2.56 bits per heavy atom. The molecule has 18 heavy (non-hydrogen) atoms. The Balaban J connectivity index is 2.01. The molecule has 102 valence electrons. The molecule has 3 nitrogen and oxygen atoms in total. The van der Waals surface area contributed by atoms with Gasteiger partial charge in [-0.3, -0.25) is 0 Å². The molecule has 0 atom stereocenters. The van der Waals surface area contributed by atoms with Crippen LogP contribution in [0.5, 0.6) is 0 Å². The van der Waals surface area contributed by atoms with Crippen molar-refractivity contribution in [3.8, 4) is 0 Å². The molecule has 0 saturated carbocycles. The Hall–Kier alpha value is -0.450. The lowest BCUT2D eigenvalue weighted by Gasteiger charge is -2.31. The fourth-order valence-corrected chi connectivity index (χ4v) is 3.90. The summed E-state index contributed by atoms with van der Waals surface area (Å²) in [6.07, 6.45) is 2.53. The molecule has 2 N–H and O–H groups in total. The van der Waals surface area contributed by atoms with Crippen LogP contribution in [0, 0.1) is 6.92 Å². The van der Waals surface area contributed by atoms with E-state index in [0.717, 1.165) is 19.0 Å². The van der Waals surface area contributed by atoms with Gasteiger partial charge in [0.2, 0.25) is 0 Å². The predicted octanol–water partition coefficient (Wildman–Crippen LogP) is 2.71. The van der Waals surface area contributed by atoms with Gasteiger partial charge in [-0.05, 0) is 38.8 Å². The lowest BCUT2D eigenvalue weighted by atomic mass is 9.94. The van der Waals surface area contributed by atoms with Crippen LogP contribution in [0.4, 0.5) is 0 Å². The zero-order valence-corrected chi connectivity index (χ0v) is 12.6. The minimum Gasteiger partial charge on any atom is -0.329 e. The highest BCUT2D eigenvalue weighted by molar-refractivity contribution is 7.11. The second-order valence-electron chi connectivity index (χ2n) is 5.56. The third-order valence-corrected chi connectivity index (χ3v) is 5.37. The fourth-order valence-electron chi connectivity index (χ4n) is 2.66. The van der Waals surface area contributed by atoms with Crippen LogP contribution in [0.25, 0.3) is 0 Å². The molecule has 1 aliphatic rings. The second-order valence-corrected chi connectivity index (χ2v) is 6.62. The second kappa shape index (κ2) is 6.13.